The average molecular weight is 295 g/mol. The summed E-state index contributed by atoms with van der Waals surface area (Å²) in [5.41, 5.74) is 4.99. The highest BCUT2D eigenvalue weighted by atomic mass is 16.1. The molecule has 2 aromatic carbocycles. The van der Waals surface area contributed by atoms with Gasteiger partial charge < -0.3 is 10.2 Å². The molecule has 1 unspecified atom stereocenters. The van der Waals surface area contributed by atoms with Gasteiger partial charge in [0.25, 0.3) is 0 Å². The lowest BCUT2D eigenvalue weighted by Gasteiger charge is -2.25. The van der Waals surface area contributed by atoms with E-state index in [-0.39, 0.29) is 5.91 Å². The van der Waals surface area contributed by atoms with Crippen molar-refractivity contribution in [2.45, 2.75) is 26.3 Å². The predicted molar refractivity (Wildman–Crippen MR) is 89.0 cm³/mol. The van der Waals surface area contributed by atoms with Crippen molar-refractivity contribution in [2.75, 3.05) is 18.4 Å². The quantitative estimate of drug-likeness (QED) is 0.888. The summed E-state index contributed by atoms with van der Waals surface area (Å²) in [6.07, 6.45) is 1.69. The zero-order valence-electron chi connectivity index (χ0n) is 13.1. The first kappa shape index (κ1) is 14.8. The number of fused-ring (bicyclic) bond motifs is 1. The Morgan fingerprint density at radius 2 is 1.82 bits per heavy atom. The molecule has 2 aromatic rings. The van der Waals surface area contributed by atoms with E-state index in [9.17, 15) is 4.79 Å². The fourth-order valence-electron chi connectivity index (χ4n) is 3.01. The maximum Gasteiger partial charge on any atom is 0.230 e. The van der Waals surface area contributed by atoms with Gasteiger partial charge in [-0.25, -0.2) is 0 Å². The number of benzene rings is 2. The van der Waals surface area contributed by atoms with Crippen LogP contribution >= 0.6 is 0 Å². The fourth-order valence-corrected chi connectivity index (χ4v) is 3.01. The van der Waals surface area contributed by atoms with Gasteiger partial charge in [-0.1, -0.05) is 42.0 Å². The van der Waals surface area contributed by atoms with Gasteiger partial charge in [0.2, 0.25) is 5.91 Å². The molecule has 2 N–H and O–H groups in total. The number of hydrogen-bond donors (Lipinski definition) is 2. The van der Waals surface area contributed by atoms with E-state index in [2.05, 4.69) is 29.6 Å². The molecule has 0 fully saturated rings. The molecular formula is C19H23N2O+. The molecule has 3 rings (SSSR count). The van der Waals surface area contributed by atoms with Gasteiger partial charge in [0.15, 0.2) is 0 Å². The standard InChI is InChI=1S/C19H22N2O/c1-15-6-8-18(9-7-15)20-19(22)11-13-21-12-10-16-4-2-3-5-17(16)14-21/h2-9H,10-14H2,1H3,(H,20,22)/p+1. The number of quaternary nitrogens is 1. The molecule has 1 atom stereocenters. The van der Waals surface area contributed by atoms with Crippen molar-refractivity contribution >= 4 is 11.6 Å². The van der Waals surface area contributed by atoms with Crippen LogP contribution in [0.1, 0.15) is 23.1 Å². The van der Waals surface area contributed by atoms with E-state index in [1.807, 2.05) is 31.2 Å². The Balaban J connectivity index is 1.49. The van der Waals surface area contributed by atoms with Gasteiger partial charge in [-0.2, -0.15) is 0 Å². The van der Waals surface area contributed by atoms with Crippen LogP contribution in [0.15, 0.2) is 48.5 Å². The van der Waals surface area contributed by atoms with Crippen molar-refractivity contribution in [2.24, 2.45) is 0 Å². The summed E-state index contributed by atoms with van der Waals surface area (Å²) in [5.74, 6) is 0.107. The lowest BCUT2D eigenvalue weighted by Crippen LogP contribution is -3.11. The van der Waals surface area contributed by atoms with E-state index in [0.717, 1.165) is 31.7 Å². The predicted octanol–water partition coefficient (Wildman–Crippen LogP) is 1.96. The first-order valence-electron chi connectivity index (χ1n) is 7.97. The highest BCUT2D eigenvalue weighted by molar-refractivity contribution is 5.90. The van der Waals surface area contributed by atoms with Crippen LogP contribution in [0.2, 0.25) is 0 Å². The van der Waals surface area contributed by atoms with E-state index in [0.29, 0.717) is 6.42 Å². The van der Waals surface area contributed by atoms with Crippen LogP contribution in [0, 0.1) is 6.92 Å². The third-order valence-electron chi connectivity index (χ3n) is 4.35. The summed E-state index contributed by atoms with van der Waals surface area (Å²) in [7, 11) is 0. The van der Waals surface area contributed by atoms with Gasteiger partial charge >= 0.3 is 0 Å². The van der Waals surface area contributed by atoms with Crippen molar-refractivity contribution < 1.29 is 9.69 Å². The Hall–Kier alpha value is -2.13. The van der Waals surface area contributed by atoms with Crippen LogP contribution < -0.4 is 10.2 Å². The lowest BCUT2D eigenvalue weighted by atomic mass is 10.00. The maximum absolute atomic E-state index is 12.1. The maximum atomic E-state index is 12.1. The zero-order valence-corrected chi connectivity index (χ0v) is 13.1. The van der Waals surface area contributed by atoms with E-state index in [1.165, 1.54) is 21.6 Å². The molecule has 0 saturated carbocycles. The number of carbonyl (C=O) groups excluding carboxylic acids is 1. The number of rotatable bonds is 4. The highest BCUT2D eigenvalue weighted by Gasteiger charge is 2.19. The second-order valence-electron chi connectivity index (χ2n) is 6.11. The third kappa shape index (κ3) is 3.74. The van der Waals surface area contributed by atoms with Crippen molar-refractivity contribution in [3.05, 3.63) is 65.2 Å². The molecule has 114 valence electrons. The third-order valence-corrected chi connectivity index (χ3v) is 4.35. The smallest absolute Gasteiger partial charge is 0.230 e. The molecular weight excluding hydrogens is 272 g/mol. The topological polar surface area (TPSA) is 33.5 Å². The molecule has 22 heavy (non-hydrogen) atoms. The molecule has 1 aliphatic heterocycles. The molecule has 1 heterocycles. The Morgan fingerprint density at radius 1 is 1.09 bits per heavy atom. The largest absolute Gasteiger partial charge is 0.330 e. The first-order valence-corrected chi connectivity index (χ1v) is 7.97. The van der Waals surface area contributed by atoms with E-state index in [4.69, 9.17) is 0 Å². The second kappa shape index (κ2) is 6.75. The molecule has 0 aromatic heterocycles. The molecule has 0 bridgehead atoms. The normalized spacial score (nSPS) is 16.9. The molecule has 3 nitrogen and oxygen atoms in total. The van der Waals surface area contributed by atoms with E-state index < -0.39 is 0 Å². The van der Waals surface area contributed by atoms with Gasteiger partial charge in [0.05, 0.1) is 19.5 Å². The monoisotopic (exact) mass is 295 g/mol. The molecule has 0 saturated heterocycles. The minimum absolute atomic E-state index is 0.107. The molecule has 1 amide bonds. The summed E-state index contributed by atoms with van der Waals surface area (Å²) in [6, 6.07) is 16.6. The highest BCUT2D eigenvalue weighted by Crippen LogP contribution is 2.11. The number of carbonyl (C=O) groups is 1. The summed E-state index contributed by atoms with van der Waals surface area (Å²) < 4.78 is 0. The first-order chi connectivity index (χ1) is 10.7. The number of nitrogens with one attached hydrogen (secondary N) is 2. The van der Waals surface area contributed by atoms with Crippen LogP contribution in [0.3, 0.4) is 0 Å². The van der Waals surface area contributed by atoms with Crippen LogP contribution in [0.25, 0.3) is 0 Å². The van der Waals surface area contributed by atoms with Gasteiger partial charge in [-0.05, 0) is 24.6 Å². The van der Waals surface area contributed by atoms with Crippen LogP contribution in [0.5, 0.6) is 0 Å². The van der Waals surface area contributed by atoms with Gasteiger partial charge in [-0.3, -0.25) is 4.79 Å². The van der Waals surface area contributed by atoms with Crippen molar-refractivity contribution in [3.63, 3.8) is 0 Å². The summed E-state index contributed by atoms with van der Waals surface area (Å²) in [6.45, 7) is 5.10. The summed E-state index contributed by atoms with van der Waals surface area (Å²) >= 11 is 0. The van der Waals surface area contributed by atoms with Crippen molar-refractivity contribution in [3.8, 4) is 0 Å². The van der Waals surface area contributed by atoms with Gasteiger partial charge in [-0.15, -0.1) is 0 Å². The number of hydrogen-bond acceptors (Lipinski definition) is 1. The second-order valence-corrected chi connectivity index (χ2v) is 6.11. The lowest BCUT2D eigenvalue weighted by molar-refractivity contribution is -0.915. The van der Waals surface area contributed by atoms with Crippen LogP contribution in [-0.4, -0.2) is 19.0 Å². The molecule has 0 aliphatic carbocycles. The van der Waals surface area contributed by atoms with Crippen LogP contribution in [-0.2, 0) is 17.8 Å². The Kier molecular flexibility index (Phi) is 4.54. The number of amides is 1. The minimum atomic E-state index is 0.107. The van der Waals surface area contributed by atoms with Crippen molar-refractivity contribution in [1.29, 1.82) is 0 Å². The Labute approximate surface area is 132 Å². The average Bonchev–Trinajstić information content (AvgIpc) is 2.55. The Bertz CT molecular complexity index is 649. The van der Waals surface area contributed by atoms with E-state index in [1.54, 1.807) is 0 Å². The molecule has 0 spiro atoms. The number of aryl methyl sites for hydroxylation is 1. The SMILES string of the molecule is Cc1ccc(NC(=O)CC[NH+]2CCc3ccccc3C2)cc1. The Morgan fingerprint density at radius 3 is 2.59 bits per heavy atom. The van der Waals surface area contributed by atoms with E-state index >= 15 is 0 Å². The minimum Gasteiger partial charge on any atom is -0.330 e. The number of anilines is 1. The van der Waals surface area contributed by atoms with Gasteiger partial charge in [0, 0.05) is 17.7 Å². The fraction of sp³-hybridized carbons (Fsp3) is 0.316. The van der Waals surface area contributed by atoms with Crippen molar-refractivity contribution in [1.82, 2.24) is 0 Å². The zero-order chi connectivity index (χ0) is 15.4. The summed E-state index contributed by atoms with van der Waals surface area (Å²) in [4.78, 5) is 13.6. The molecule has 3 heteroatoms. The van der Waals surface area contributed by atoms with Gasteiger partial charge in [0.1, 0.15) is 6.54 Å². The summed E-state index contributed by atoms with van der Waals surface area (Å²) in [5, 5.41) is 2.98. The van der Waals surface area contributed by atoms with Crippen LogP contribution in [0.4, 0.5) is 5.69 Å². The molecule has 1 aliphatic rings. The molecule has 0 radical (unpaired) electrons.